The normalized spacial score (nSPS) is 10.9. The van der Waals surface area contributed by atoms with E-state index in [1.165, 1.54) is 0 Å². The molecule has 0 atom stereocenters. The highest BCUT2D eigenvalue weighted by atomic mass is 31.2. The minimum atomic E-state index is -2.36. The van der Waals surface area contributed by atoms with E-state index < -0.39 is 23.0 Å². The second-order valence-corrected chi connectivity index (χ2v) is 18.5. The van der Waals surface area contributed by atoms with Gasteiger partial charge in [-0.05, 0) is 70.8 Å². The van der Waals surface area contributed by atoms with Crippen LogP contribution in [0.5, 0.6) is 46.0 Å². The molecule has 9 nitrogen and oxygen atoms in total. The van der Waals surface area contributed by atoms with Crippen LogP contribution in [0.3, 0.4) is 0 Å². The van der Waals surface area contributed by atoms with E-state index in [4.69, 9.17) is 36.6 Å². The van der Waals surface area contributed by atoms with Gasteiger partial charge in [0.25, 0.3) is 0 Å². The fraction of sp³-hybridized carbons (Fsp3) is 0.0317. The average molecular weight is 1010 g/mol. The lowest BCUT2D eigenvalue weighted by Crippen LogP contribution is -2.11. The third-order valence-electron chi connectivity index (χ3n) is 11.8. The zero-order chi connectivity index (χ0) is 50.5. The Morgan fingerprint density at radius 3 is 0.797 bits per heavy atom. The van der Waals surface area contributed by atoms with E-state index in [0.29, 0.717) is 34.5 Å². The molecule has 10 aromatic carbocycles. The number of hydrogen-bond acceptors (Lipinski definition) is 9. The standard InChI is InChI=1S/C63H48O9P2/c1-65-49-39-41-55(61(43-49)71-73(67-57-35-19-15-31-51(57)45-23-7-3-8-24-45)68-58-36-20-16-32-52(58)46-25-9-4-10-26-46)63(64)56-42-40-50(66-2)44-62(56)72-74(69-59-37-21-17-33-53(59)47-27-11-5-12-28-47)70-60-38-22-18-34-54(60)48-29-13-6-14-30-48/h3-44H,1-2H3. The lowest BCUT2D eigenvalue weighted by Gasteiger charge is -2.23. The number of para-hydroxylation sites is 4. The van der Waals surface area contributed by atoms with Crippen molar-refractivity contribution in [3.8, 4) is 90.5 Å². The number of carbonyl (C=O) groups excluding carboxylic acids is 1. The molecule has 0 saturated carbocycles. The Bertz CT molecular complexity index is 3070. The molecule has 0 aromatic heterocycles. The van der Waals surface area contributed by atoms with Crippen molar-refractivity contribution in [2.24, 2.45) is 0 Å². The summed E-state index contributed by atoms with van der Waals surface area (Å²) in [5.74, 6) is 2.76. The Balaban J connectivity index is 1.05. The van der Waals surface area contributed by atoms with Crippen LogP contribution in [-0.2, 0) is 0 Å². The topological polar surface area (TPSA) is 90.9 Å². The van der Waals surface area contributed by atoms with Crippen molar-refractivity contribution in [1.82, 2.24) is 0 Å². The molecule has 0 unspecified atom stereocenters. The van der Waals surface area contributed by atoms with E-state index >= 15 is 4.79 Å². The zero-order valence-corrected chi connectivity index (χ0v) is 42.1. The lowest BCUT2D eigenvalue weighted by atomic mass is 10.0. The maximum atomic E-state index is 15.4. The highest BCUT2D eigenvalue weighted by Gasteiger charge is 2.31. The number of ketones is 1. The van der Waals surface area contributed by atoms with E-state index in [-0.39, 0.29) is 22.6 Å². The highest BCUT2D eigenvalue weighted by Crippen LogP contribution is 2.51. The molecular weight excluding hydrogens is 963 g/mol. The zero-order valence-electron chi connectivity index (χ0n) is 40.3. The summed E-state index contributed by atoms with van der Waals surface area (Å²) in [5, 5.41) is 0. The monoisotopic (exact) mass is 1010 g/mol. The Labute approximate surface area is 433 Å². The van der Waals surface area contributed by atoms with Crippen LogP contribution in [0.4, 0.5) is 0 Å². The van der Waals surface area contributed by atoms with Gasteiger partial charge in [0.05, 0.1) is 25.3 Å². The second kappa shape index (κ2) is 23.6. The van der Waals surface area contributed by atoms with Crippen LogP contribution in [0.1, 0.15) is 15.9 Å². The third-order valence-corrected chi connectivity index (χ3v) is 13.9. The van der Waals surface area contributed by atoms with Gasteiger partial charge < -0.3 is 36.6 Å². The molecule has 11 heteroatoms. The van der Waals surface area contributed by atoms with Gasteiger partial charge in [-0.15, -0.1) is 0 Å². The molecule has 0 amide bonds. The van der Waals surface area contributed by atoms with Gasteiger partial charge in [-0.1, -0.05) is 194 Å². The fourth-order valence-corrected chi connectivity index (χ4v) is 10.3. The van der Waals surface area contributed by atoms with Crippen molar-refractivity contribution in [2.45, 2.75) is 0 Å². The van der Waals surface area contributed by atoms with E-state index in [1.807, 2.05) is 218 Å². The molecule has 74 heavy (non-hydrogen) atoms. The van der Waals surface area contributed by atoms with E-state index in [0.717, 1.165) is 44.5 Å². The molecule has 0 N–H and O–H groups in total. The number of ether oxygens (including phenoxy) is 2. The van der Waals surface area contributed by atoms with Gasteiger partial charge in [0, 0.05) is 34.4 Å². The predicted molar refractivity (Wildman–Crippen MR) is 295 cm³/mol. The van der Waals surface area contributed by atoms with Crippen molar-refractivity contribution >= 4 is 23.0 Å². The first kappa shape index (κ1) is 48.7. The molecule has 0 fully saturated rings. The van der Waals surface area contributed by atoms with Crippen molar-refractivity contribution in [3.63, 3.8) is 0 Å². The van der Waals surface area contributed by atoms with Crippen LogP contribution < -0.4 is 36.6 Å². The van der Waals surface area contributed by atoms with Gasteiger partial charge in [-0.25, -0.2) is 0 Å². The van der Waals surface area contributed by atoms with Gasteiger partial charge >= 0.3 is 17.2 Å². The molecular formula is C63H48O9P2. The number of rotatable bonds is 20. The van der Waals surface area contributed by atoms with Gasteiger partial charge in [0.2, 0.25) is 5.78 Å². The first-order valence-electron chi connectivity index (χ1n) is 23.7. The molecule has 10 rings (SSSR count). The molecule has 0 radical (unpaired) electrons. The molecule has 0 aliphatic heterocycles. The van der Waals surface area contributed by atoms with Crippen molar-refractivity contribution < 1.29 is 41.4 Å². The highest BCUT2D eigenvalue weighted by molar-refractivity contribution is 7.43. The molecule has 364 valence electrons. The quantitative estimate of drug-likeness (QED) is 0.0547. The largest absolute Gasteiger partial charge is 0.530 e. The second-order valence-electron chi connectivity index (χ2n) is 16.5. The summed E-state index contributed by atoms with van der Waals surface area (Å²) in [5.41, 5.74) is 7.38. The molecule has 0 aliphatic carbocycles. The van der Waals surface area contributed by atoms with Crippen molar-refractivity contribution in [3.05, 3.63) is 266 Å². The van der Waals surface area contributed by atoms with Crippen LogP contribution in [-0.4, -0.2) is 20.0 Å². The Kier molecular flexibility index (Phi) is 15.5. The summed E-state index contributed by atoms with van der Waals surface area (Å²) < 4.78 is 52.4. The molecule has 0 saturated heterocycles. The number of carbonyl (C=O) groups is 1. The fourth-order valence-electron chi connectivity index (χ4n) is 8.13. The summed E-state index contributed by atoms with van der Waals surface area (Å²) in [6.45, 7) is 0. The van der Waals surface area contributed by atoms with Crippen molar-refractivity contribution in [2.75, 3.05) is 14.2 Å². The first-order chi connectivity index (χ1) is 36.5. The van der Waals surface area contributed by atoms with Gasteiger partial charge in [-0.2, -0.15) is 0 Å². The number of benzene rings is 10. The lowest BCUT2D eigenvalue weighted by molar-refractivity contribution is 0.103. The summed E-state index contributed by atoms with van der Waals surface area (Å²) in [6.07, 6.45) is 0. The van der Waals surface area contributed by atoms with Crippen LogP contribution in [0.15, 0.2) is 255 Å². The number of hydrogen-bond donors (Lipinski definition) is 0. The predicted octanol–water partition coefficient (Wildman–Crippen LogP) is 17.1. The summed E-state index contributed by atoms with van der Waals surface area (Å²) >= 11 is 0. The summed E-state index contributed by atoms with van der Waals surface area (Å²) in [4.78, 5) is 15.4. The van der Waals surface area contributed by atoms with Crippen LogP contribution in [0, 0.1) is 0 Å². The van der Waals surface area contributed by atoms with Gasteiger partial charge in [-0.3, -0.25) is 4.79 Å². The third kappa shape index (κ3) is 11.6. The molecule has 0 bridgehead atoms. The maximum Gasteiger partial charge on any atom is 0.530 e. The molecule has 10 aromatic rings. The average Bonchev–Trinajstić information content (AvgIpc) is 3.46. The summed E-state index contributed by atoms with van der Waals surface area (Å²) in [7, 11) is -1.62. The molecule has 0 spiro atoms. The SMILES string of the molecule is COc1ccc(C(=O)c2ccc(OC)cc2OP(Oc2ccccc2-c2ccccc2)Oc2ccccc2-c2ccccc2)c(OP(Oc2ccccc2-c2ccccc2)Oc2ccccc2-c2ccccc2)c1. The Morgan fingerprint density at radius 1 is 0.284 bits per heavy atom. The minimum Gasteiger partial charge on any atom is -0.497 e. The van der Waals surface area contributed by atoms with Crippen LogP contribution in [0.2, 0.25) is 0 Å². The number of methoxy groups -OCH3 is 2. The molecule has 0 heterocycles. The van der Waals surface area contributed by atoms with E-state index in [1.54, 1.807) is 50.6 Å². The Morgan fingerprint density at radius 2 is 0.527 bits per heavy atom. The van der Waals surface area contributed by atoms with Gasteiger partial charge in [0.15, 0.2) is 0 Å². The van der Waals surface area contributed by atoms with Gasteiger partial charge in [0.1, 0.15) is 46.0 Å². The maximum absolute atomic E-state index is 15.4. The van der Waals surface area contributed by atoms with Crippen LogP contribution >= 0.6 is 17.2 Å². The summed E-state index contributed by atoms with van der Waals surface area (Å²) in [6, 6.07) is 80.4. The minimum absolute atomic E-state index is 0.139. The smallest absolute Gasteiger partial charge is 0.497 e. The Hall–Kier alpha value is -8.87. The van der Waals surface area contributed by atoms with Crippen molar-refractivity contribution in [1.29, 1.82) is 0 Å². The van der Waals surface area contributed by atoms with E-state index in [9.17, 15) is 0 Å². The molecule has 0 aliphatic rings. The van der Waals surface area contributed by atoms with E-state index in [2.05, 4.69) is 0 Å². The van der Waals surface area contributed by atoms with Crippen LogP contribution in [0.25, 0.3) is 44.5 Å². The first-order valence-corrected chi connectivity index (χ1v) is 25.9.